The first-order valence-electron chi connectivity index (χ1n) is 29.9. The molecule has 0 amide bonds. The fourth-order valence-electron chi connectivity index (χ4n) is 15.7. The minimum absolute atomic E-state index is 0.0304. The molecule has 12 nitrogen and oxygen atoms in total. The smallest absolute Gasteiger partial charge is 0.462 e. The minimum Gasteiger partial charge on any atom is -0.462 e. The fraction of sp³-hybridized carbons (Fsp3) is 0.941. The van der Waals surface area contributed by atoms with E-state index in [-0.39, 0.29) is 44.8 Å². The largest absolute Gasteiger partial charge is 0.500 e. The second-order valence-corrected chi connectivity index (χ2v) is 51.5. The van der Waals surface area contributed by atoms with Gasteiger partial charge in [0.15, 0.2) is 0 Å². The highest BCUT2D eigenvalue weighted by molar-refractivity contribution is 7.76. The summed E-state index contributed by atoms with van der Waals surface area (Å²) in [5.74, 6) is -0.336. The summed E-state index contributed by atoms with van der Waals surface area (Å²) in [6.07, 6.45) is 39.9. The van der Waals surface area contributed by atoms with Crippen LogP contribution >= 0.6 is 12.9 Å². The average Bonchev–Trinajstić information content (AvgIpc) is 3.53. The third kappa shape index (κ3) is 11.2. The van der Waals surface area contributed by atoms with Crippen molar-refractivity contribution in [3.05, 3.63) is 12.2 Å². The Morgan fingerprint density at radius 2 is 0.831 bits per heavy atom. The Balaban J connectivity index is 1.27. The molecule has 10 rings (SSSR count). The third-order valence-electron chi connectivity index (χ3n) is 19.5. The number of carbonyl (C=O) groups excluding carboxylic acids is 1. The van der Waals surface area contributed by atoms with Crippen LogP contribution in [0.2, 0.25) is 45.3 Å². The molecule has 4 bridgehead atoms. The topological polar surface area (TPSA) is 119 Å². The predicted molar refractivity (Wildman–Crippen MR) is 294 cm³/mol. The summed E-state index contributed by atoms with van der Waals surface area (Å²) in [6.45, 7) is 8.83. The van der Waals surface area contributed by atoms with Gasteiger partial charge in [0, 0.05) is 51.0 Å². The van der Waals surface area contributed by atoms with Gasteiger partial charge in [-0.2, -0.15) is 0 Å². The van der Waals surface area contributed by atoms with Crippen molar-refractivity contribution in [3.8, 4) is 0 Å². The monoisotopic (exact) mass is 1130 g/mol. The van der Waals surface area contributed by atoms with E-state index < -0.39 is 59.9 Å². The van der Waals surface area contributed by atoms with E-state index in [0.29, 0.717) is 25.2 Å². The molecular weight excluding hydrogens is 1030 g/mol. The van der Waals surface area contributed by atoms with Crippen molar-refractivity contribution in [1.29, 1.82) is 0 Å². The van der Waals surface area contributed by atoms with Crippen molar-refractivity contribution in [1.82, 2.24) is 0 Å². The first-order valence-corrected chi connectivity index (χ1v) is 44.7. The number of hydrogen-bond donors (Lipinski definition) is 1. The Morgan fingerprint density at radius 3 is 1.28 bits per heavy atom. The number of hydrogen-bond acceptors (Lipinski definition) is 13. The molecule has 7 atom stereocenters. The van der Waals surface area contributed by atoms with Crippen LogP contribution in [0.3, 0.4) is 0 Å². The molecule has 7 saturated carbocycles. The first kappa shape index (κ1) is 55.0. The molecule has 20 heteroatoms. The maximum atomic E-state index is 12.6. The minimum atomic E-state index is -4.05. The zero-order valence-corrected chi connectivity index (χ0v) is 52.1. The highest BCUT2D eigenvalue weighted by Gasteiger charge is 2.87. The van der Waals surface area contributed by atoms with E-state index in [1.807, 2.05) is 0 Å². The van der Waals surface area contributed by atoms with Gasteiger partial charge in [-0.25, -0.2) is 4.79 Å². The molecule has 10 aliphatic rings. The van der Waals surface area contributed by atoms with Crippen LogP contribution in [0, 0.1) is 0 Å². The molecule has 0 aromatic heterocycles. The highest BCUT2D eigenvalue weighted by Crippen LogP contribution is 2.65. The van der Waals surface area contributed by atoms with Crippen molar-refractivity contribution >= 4 is 78.8 Å². The third-order valence-corrected chi connectivity index (χ3v) is 61.8. The molecule has 3 saturated heterocycles. The van der Waals surface area contributed by atoms with E-state index in [1.54, 1.807) is 6.92 Å². The van der Waals surface area contributed by atoms with Crippen LogP contribution in [0.4, 0.5) is 0 Å². The highest BCUT2D eigenvalue weighted by atomic mass is 32.1. The van der Waals surface area contributed by atoms with Gasteiger partial charge in [-0.1, -0.05) is 141 Å². The Bertz CT molecular complexity index is 1780. The van der Waals surface area contributed by atoms with Crippen molar-refractivity contribution in [2.24, 2.45) is 0 Å². The Morgan fingerprint density at radius 1 is 0.451 bits per heavy atom. The van der Waals surface area contributed by atoms with Gasteiger partial charge >= 0.3 is 65.9 Å². The molecule has 10 fully saturated rings. The molecule has 404 valence electrons. The van der Waals surface area contributed by atoms with E-state index in [2.05, 4.69) is 13.1 Å². The lowest BCUT2D eigenvalue weighted by Crippen LogP contribution is -2.83. The van der Waals surface area contributed by atoms with Gasteiger partial charge in [0.05, 0.1) is 6.61 Å². The Hall–Kier alpha value is 0.678. The van der Waals surface area contributed by atoms with Crippen molar-refractivity contribution in [3.63, 3.8) is 0 Å². The molecule has 7 aliphatic carbocycles. The maximum absolute atomic E-state index is 12.6. The van der Waals surface area contributed by atoms with E-state index in [1.165, 1.54) is 57.8 Å². The van der Waals surface area contributed by atoms with Crippen molar-refractivity contribution in [2.45, 2.75) is 290 Å². The lowest BCUT2D eigenvalue weighted by atomic mass is 10.0. The van der Waals surface area contributed by atoms with Gasteiger partial charge < -0.3 is 46.0 Å². The SMILES string of the molecule is C=C(C)C(=O)OCCCCO[Si]1(C2CCCCC2)O[Si]2(C3CCCCC3)O[Si](OS)(C3CCCCC3)O[Si]3(C4CCCCC4)O[Si](C4CCCCC4)(O2)O[Si@]1(C1CCCCC1)O[Si@@](C)(C1CCCCC1)O3. The number of esters is 1. The predicted octanol–water partition coefficient (Wildman–Crippen LogP) is 15.1. The number of unbranched alkanes of at least 4 members (excludes halogenated alkanes) is 1. The van der Waals surface area contributed by atoms with Gasteiger partial charge in [0.2, 0.25) is 0 Å². The molecule has 0 aromatic rings. The number of thiol groups is 1. The summed E-state index contributed by atoms with van der Waals surface area (Å²) >= 11 is 5.08. The van der Waals surface area contributed by atoms with Gasteiger partial charge in [0.25, 0.3) is 0 Å². The lowest BCUT2D eigenvalue weighted by Gasteiger charge is -2.60. The number of carbonyl (C=O) groups is 1. The molecule has 0 aromatic carbocycles. The number of rotatable bonds is 15. The van der Waals surface area contributed by atoms with Crippen molar-refractivity contribution in [2.75, 3.05) is 13.2 Å². The summed E-state index contributed by atoms with van der Waals surface area (Å²) in [4.78, 5) is 12.6. The van der Waals surface area contributed by atoms with E-state index in [9.17, 15) is 4.79 Å². The zero-order valence-electron chi connectivity index (χ0n) is 44.2. The van der Waals surface area contributed by atoms with Crippen LogP contribution in [0.15, 0.2) is 12.2 Å². The molecule has 3 aliphatic heterocycles. The van der Waals surface area contributed by atoms with Gasteiger partial charge in [-0.05, 0) is 129 Å². The van der Waals surface area contributed by atoms with Crippen LogP contribution in [-0.4, -0.2) is 79.1 Å². The number of fused-ring (bicyclic) bond motifs is 3. The van der Waals surface area contributed by atoms with E-state index in [4.69, 9.17) is 58.9 Å². The Labute approximate surface area is 442 Å². The van der Waals surface area contributed by atoms with E-state index in [0.717, 1.165) is 173 Å². The van der Waals surface area contributed by atoms with Crippen LogP contribution in [-0.2, 0) is 50.8 Å². The first-order chi connectivity index (χ1) is 34.5. The van der Waals surface area contributed by atoms with Crippen molar-refractivity contribution < 1.29 is 50.8 Å². The molecule has 0 radical (unpaired) electrons. The molecule has 0 N–H and O–H groups in total. The average molecular weight is 1130 g/mol. The number of ether oxygens (including phenoxy) is 1. The molecule has 71 heavy (non-hydrogen) atoms. The Kier molecular flexibility index (Phi) is 18.6. The standard InChI is InChI=1S/C51H94O12SSi7/c1-43(2)51(52)53-41-25-26-42-54-70(49-37-21-9-22-38-49)62-68(47-33-17-7-18-34-47)59-66(55-64,45-29-13-5-14-30-45)58-67(46-31-15-6-16-32-46)56-65(3,44-27-11-4-12-28-44)57-71(70,50-39-23-10-24-40-50)63-69(60-67,61-68)48-35-19-8-20-36-48/h44-50,64H,1,4-42H2,2-3H3/t65-,66?,67?,68?,69?,70?,71-/m0/s1. The molecule has 0 spiro atoms. The van der Waals surface area contributed by atoms with Crippen LogP contribution < -0.4 is 0 Å². The lowest BCUT2D eigenvalue weighted by molar-refractivity contribution is -0.139. The summed E-state index contributed by atoms with van der Waals surface area (Å²) < 4.78 is 91.4. The normalized spacial score (nSPS) is 40.6. The summed E-state index contributed by atoms with van der Waals surface area (Å²) in [7, 11) is -27.0. The van der Waals surface area contributed by atoms with Crippen LogP contribution in [0.1, 0.15) is 244 Å². The molecule has 3 heterocycles. The van der Waals surface area contributed by atoms with E-state index >= 15 is 0 Å². The van der Waals surface area contributed by atoms with Crippen LogP contribution in [0.5, 0.6) is 0 Å². The van der Waals surface area contributed by atoms with Gasteiger partial charge in [0.1, 0.15) is 0 Å². The van der Waals surface area contributed by atoms with Gasteiger partial charge in [-0.3, -0.25) is 0 Å². The van der Waals surface area contributed by atoms with Gasteiger partial charge in [-0.15, -0.1) is 0 Å². The maximum Gasteiger partial charge on any atom is 0.500 e. The summed E-state index contributed by atoms with van der Waals surface area (Å²) in [5, 5.41) is 0. The molecule has 5 unspecified atom stereocenters. The summed E-state index contributed by atoms with van der Waals surface area (Å²) in [6, 6.07) is 0. The second-order valence-electron chi connectivity index (χ2n) is 24.5. The summed E-state index contributed by atoms with van der Waals surface area (Å²) in [5.41, 5.74) is 1.19. The zero-order chi connectivity index (χ0) is 49.1. The second kappa shape index (κ2) is 24.0. The quantitative estimate of drug-likeness (QED) is 0.0420. The van der Waals surface area contributed by atoms with Crippen LogP contribution in [0.25, 0.3) is 0 Å². The fourth-order valence-corrected chi connectivity index (χ4v) is 75.3. The molecular formula is C51H94O12SSi7.